The molecule has 0 unspecified atom stereocenters. The van der Waals surface area contributed by atoms with Crippen LogP contribution in [0, 0.1) is 6.08 Å². The van der Waals surface area contributed by atoms with Crippen molar-refractivity contribution in [1.82, 2.24) is 0 Å². The van der Waals surface area contributed by atoms with Crippen LogP contribution in [0.15, 0.2) is 30.4 Å². The minimum absolute atomic E-state index is 1.21. The van der Waals surface area contributed by atoms with Gasteiger partial charge in [-0.25, -0.2) is 0 Å². The summed E-state index contributed by atoms with van der Waals surface area (Å²) in [6.07, 6.45) is 20.0. The van der Waals surface area contributed by atoms with Crippen LogP contribution in [0.3, 0.4) is 0 Å². The lowest BCUT2D eigenvalue weighted by molar-refractivity contribution is 0.696. The summed E-state index contributed by atoms with van der Waals surface area (Å²) in [5.74, 6) is 0. The molecule has 0 atom stereocenters. The Bertz CT molecular complexity index is 143. The Morgan fingerprint density at radius 2 is 1.73 bits per heavy atom. The van der Waals surface area contributed by atoms with Crippen molar-refractivity contribution in [1.29, 1.82) is 0 Å². The van der Waals surface area contributed by atoms with Crippen LogP contribution in [0.25, 0.3) is 0 Å². The SMILES string of the molecule is [C]1=C\C=C/CCCCC\C=C/1. The number of hydrogen-bond acceptors (Lipinski definition) is 0. The van der Waals surface area contributed by atoms with Crippen molar-refractivity contribution in [3.05, 3.63) is 36.5 Å². The predicted molar refractivity (Wildman–Crippen MR) is 49.2 cm³/mol. The summed E-state index contributed by atoms with van der Waals surface area (Å²) in [7, 11) is 0. The topological polar surface area (TPSA) is 0 Å². The molecule has 0 aromatic rings. The van der Waals surface area contributed by atoms with Gasteiger partial charge in [0.1, 0.15) is 0 Å². The third-order valence-corrected chi connectivity index (χ3v) is 1.78. The summed E-state index contributed by atoms with van der Waals surface area (Å²) in [5, 5.41) is 0. The van der Waals surface area contributed by atoms with Gasteiger partial charge in [-0.3, -0.25) is 0 Å². The Morgan fingerprint density at radius 3 is 2.64 bits per heavy atom. The van der Waals surface area contributed by atoms with Crippen LogP contribution < -0.4 is 0 Å². The molecule has 1 aliphatic carbocycles. The second-order valence-electron chi connectivity index (χ2n) is 2.80. The lowest BCUT2D eigenvalue weighted by Gasteiger charge is -1.93. The van der Waals surface area contributed by atoms with Gasteiger partial charge in [-0.15, -0.1) is 0 Å². The molecule has 0 heterocycles. The van der Waals surface area contributed by atoms with Crippen LogP contribution >= 0.6 is 0 Å². The van der Waals surface area contributed by atoms with Crippen LogP contribution in [0.4, 0.5) is 0 Å². The fraction of sp³-hybridized carbons (Fsp3) is 0.455. The fourth-order valence-electron chi connectivity index (χ4n) is 1.13. The van der Waals surface area contributed by atoms with Crippen LogP contribution in [0.2, 0.25) is 0 Å². The van der Waals surface area contributed by atoms with E-state index < -0.39 is 0 Å². The van der Waals surface area contributed by atoms with E-state index in [0.717, 1.165) is 0 Å². The normalized spacial score (nSPS) is 28.4. The van der Waals surface area contributed by atoms with Gasteiger partial charge in [0.2, 0.25) is 0 Å². The average molecular weight is 147 g/mol. The summed E-state index contributed by atoms with van der Waals surface area (Å²) in [4.78, 5) is 0. The molecule has 0 nitrogen and oxygen atoms in total. The van der Waals surface area contributed by atoms with Gasteiger partial charge >= 0.3 is 0 Å². The molecule has 0 aromatic heterocycles. The van der Waals surface area contributed by atoms with Crippen molar-refractivity contribution in [2.75, 3.05) is 0 Å². The highest BCUT2D eigenvalue weighted by molar-refractivity contribution is 5.05. The van der Waals surface area contributed by atoms with Crippen LogP contribution in [0.5, 0.6) is 0 Å². The quantitative estimate of drug-likeness (QED) is 0.492. The van der Waals surface area contributed by atoms with E-state index in [-0.39, 0.29) is 0 Å². The standard InChI is InChI=1S/C11H15/c1-2-4-6-8-10-11-9-7-5-3-1/h1-3,7,9H,4,6,8,10-11H2/b2-1-,5-3?,9-7-. The van der Waals surface area contributed by atoms with E-state index >= 15 is 0 Å². The minimum atomic E-state index is 1.21. The van der Waals surface area contributed by atoms with Crippen molar-refractivity contribution in [3.8, 4) is 0 Å². The summed E-state index contributed by atoms with van der Waals surface area (Å²) < 4.78 is 0. The molecule has 0 saturated carbocycles. The zero-order valence-corrected chi connectivity index (χ0v) is 6.92. The van der Waals surface area contributed by atoms with Gasteiger partial charge in [0, 0.05) is 0 Å². The first-order valence-corrected chi connectivity index (χ1v) is 4.39. The largest absolute Gasteiger partial charge is 0.0845 e. The van der Waals surface area contributed by atoms with Gasteiger partial charge < -0.3 is 0 Å². The van der Waals surface area contributed by atoms with E-state index in [9.17, 15) is 0 Å². The Labute approximate surface area is 69.3 Å². The maximum Gasteiger partial charge on any atom is -0.0187 e. The molecule has 0 heteroatoms. The summed E-state index contributed by atoms with van der Waals surface area (Å²) >= 11 is 0. The number of rotatable bonds is 0. The first-order chi connectivity index (χ1) is 5.50. The Morgan fingerprint density at radius 1 is 0.909 bits per heavy atom. The van der Waals surface area contributed by atoms with Gasteiger partial charge in [-0.05, 0) is 31.8 Å². The van der Waals surface area contributed by atoms with E-state index in [0.29, 0.717) is 0 Å². The summed E-state index contributed by atoms with van der Waals surface area (Å²) in [6, 6.07) is 0. The zero-order valence-electron chi connectivity index (χ0n) is 6.92. The second kappa shape index (κ2) is 5.96. The van der Waals surface area contributed by atoms with Crippen LogP contribution in [0.1, 0.15) is 32.1 Å². The van der Waals surface area contributed by atoms with Crippen molar-refractivity contribution in [3.63, 3.8) is 0 Å². The maximum atomic E-state index is 3.09. The van der Waals surface area contributed by atoms with Crippen molar-refractivity contribution in [2.45, 2.75) is 32.1 Å². The van der Waals surface area contributed by atoms with Crippen LogP contribution in [-0.2, 0) is 0 Å². The molecular weight excluding hydrogens is 132 g/mol. The predicted octanol–water partition coefficient (Wildman–Crippen LogP) is 3.42. The van der Waals surface area contributed by atoms with Gasteiger partial charge in [0.25, 0.3) is 0 Å². The highest BCUT2D eigenvalue weighted by atomic mass is 13.9. The molecule has 11 heavy (non-hydrogen) atoms. The van der Waals surface area contributed by atoms with Crippen molar-refractivity contribution < 1.29 is 0 Å². The molecule has 0 saturated heterocycles. The molecule has 1 rings (SSSR count). The first kappa shape index (κ1) is 8.32. The van der Waals surface area contributed by atoms with Crippen molar-refractivity contribution >= 4 is 0 Å². The zero-order chi connectivity index (χ0) is 7.78. The molecule has 0 aliphatic heterocycles. The molecule has 0 amide bonds. The van der Waals surface area contributed by atoms with Gasteiger partial charge in [-0.1, -0.05) is 36.8 Å². The first-order valence-electron chi connectivity index (χ1n) is 4.39. The highest BCUT2D eigenvalue weighted by Gasteiger charge is 1.85. The molecule has 0 fully saturated rings. The third-order valence-electron chi connectivity index (χ3n) is 1.78. The molecule has 59 valence electrons. The molecule has 0 bridgehead atoms. The lowest BCUT2D eigenvalue weighted by Crippen LogP contribution is -1.73. The summed E-state index contributed by atoms with van der Waals surface area (Å²) in [5.41, 5.74) is 0. The Balaban J connectivity index is 2.36. The average Bonchev–Trinajstić information content (AvgIpc) is 2.08. The Hall–Kier alpha value is -0.780. The lowest BCUT2D eigenvalue weighted by atomic mass is 10.1. The molecular formula is C11H15. The molecule has 1 aliphatic rings. The van der Waals surface area contributed by atoms with Gasteiger partial charge in [-0.2, -0.15) is 0 Å². The summed E-state index contributed by atoms with van der Waals surface area (Å²) in [6.45, 7) is 0. The monoisotopic (exact) mass is 147 g/mol. The minimum Gasteiger partial charge on any atom is -0.0845 e. The van der Waals surface area contributed by atoms with Gasteiger partial charge in [0.05, 0.1) is 0 Å². The number of hydrogen-bond donors (Lipinski definition) is 0. The van der Waals surface area contributed by atoms with E-state index in [2.05, 4.69) is 24.3 Å². The third kappa shape index (κ3) is 4.60. The van der Waals surface area contributed by atoms with E-state index in [1.165, 1.54) is 32.1 Å². The van der Waals surface area contributed by atoms with Crippen LogP contribution in [-0.4, -0.2) is 0 Å². The van der Waals surface area contributed by atoms with Crippen molar-refractivity contribution in [2.24, 2.45) is 0 Å². The Kier molecular flexibility index (Phi) is 4.51. The molecule has 0 N–H and O–H groups in total. The molecule has 0 spiro atoms. The maximum absolute atomic E-state index is 3.09. The molecule has 0 aromatic carbocycles. The number of allylic oxidation sites excluding steroid dienone is 6. The highest BCUT2D eigenvalue weighted by Crippen LogP contribution is 2.05. The van der Waals surface area contributed by atoms with E-state index in [1.54, 1.807) is 0 Å². The van der Waals surface area contributed by atoms with Gasteiger partial charge in [0.15, 0.2) is 0 Å². The van der Waals surface area contributed by atoms with E-state index in [4.69, 9.17) is 0 Å². The smallest absolute Gasteiger partial charge is 0.0187 e. The van der Waals surface area contributed by atoms with E-state index in [1.807, 2.05) is 12.2 Å². The fourth-order valence-corrected chi connectivity index (χ4v) is 1.13. The second-order valence-corrected chi connectivity index (χ2v) is 2.80. The molecule has 1 radical (unpaired) electrons.